The molecule has 1 atom stereocenters. The summed E-state index contributed by atoms with van der Waals surface area (Å²) in [6.07, 6.45) is 0.251. The third-order valence-electron chi connectivity index (χ3n) is 1.20. The van der Waals surface area contributed by atoms with E-state index in [2.05, 4.69) is 4.79 Å². The van der Waals surface area contributed by atoms with E-state index in [-0.39, 0.29) is 12.1 Å². The minimum Gasteiger partial charge on any atom is -0.480 e. The van der Waals surface area contributed by atoms with E-state index in [4.69, 9.17) is 15.9 Å². The van der Waals surface area contributed by atoms with Crippen LogP contribution in [-0.2, 0) is 4.79 Å². The van der Waals surface area contributed by atoms with E-state index in [0.29, 0.717) is 0 Å². The summed E-state index contributed by atoms with van der Waals surface area (Å²) in [4.78, 5) is 13.0. The molecule has 0 rings (SSSR count). The molecule has 0 saturated heterocycles. The SMILES string of the molecule is CCC(=[N+]=[N-])C(C#N)C(=O)O. The molecule has 11 heavy (non-hydrogen) atoms. The molecule has 0 radical (unpaired) electrons. The molecule has 58 valence electrons. The molecule has 0 saturated carbocycles. The molecule has 0 aromatic carbocycles. The highest BCUT2D eigenvalue weighted by atomic mass is 16.4. The Morgan fingerprint density at radius 3 is 2.55 bits per heavy atom. The predicted molar refractivity (Wildman–Crippen MR) is 35.7 cm³/mol. The topological polar surface area (TPSA) is 97.5 Å². The van der Waals surface area contributed by atoms with Gasteiger partial charge in [-0.05, 0) is 0 Å². The number of hydrogen-bond donors (Lipinski definition) is 1. The Labute approximate surface area is 63.5 Å². The molecule has 0 spiro atoms. The molecule has 1 N–H and O–H groups in total. The number of carbonyl (C=O) groups is 1. The molecule has 1 unspecified atom stereocenters. The normalized spacial score (nSPS) is 10.9. The van der Waals surface area contributed by atoms with Crippen molar-refractivity contribution in [3.8, 4) is 6.07 Å². The van der Waals surface area contributed by atoms with Gasteiger partial charge in [-0.25, -0.2) is 0 Å². The summed E-state index contributed by atoms with van der Waals surface area (Å²) < 4.78 is 0. The van der Waals surface area contributed by atoms with Gasteiger partial charge >= 0.3 is 5.97 Å². The van der Waals surface area contributed by atoms with E-state index < -0.39 is 11.9 Å². The Kier molecular flexibility index (Phi) is 3.57. The number of carboxylic acid groups (broad SMARTS) is 1. The first-order valence-corrected chi connectivity index (χ1v) is 3.00. The van der Waals surface area contributed by atoms with Crippen molar-refractivity contribution >= 4 is 11.7 Å². The van der Waals surface area contributed by atoms with Gasteiger partial charge in [0, 0.05) is 6.42 Å². The second-order valence-corrected chi connectivity index (χ2v) is 1.85. The fourth-order valence-electron chi connectivity index (χ4n) is 0.605. The first-order chi connectivity index (χ1) is 5.17. The summed E-state index contributed by atoms with van der Waals surface area (Å²) in [6, 6.07) is 1.51. The van der Waals surface area contributed by atoms with Crippen molar-refractivity contribution < 1.29 is 14.7 Å². The molecule has 5 nitrogen and oxygen atoms in total. The van der Waals surface area contributed by atoms with Gasteiger partial charge in [-0.1, -0.05) is 6.92 Å². The van der Waals surface area contributed by atoms with E-state index in [9.17, 15) is 4.79 Å². The maximum Gasteiger partial charge on any atom is 0.332 e. The average Bonchev–Trinajstić information content (AvgIpc) is 1.99. The van der Waals surface area contributed by atoms with Crippen molar-refractivity contribution in [1.82, 2.24) is 0 Å². The third kappa shape index (κ3) is 2.20. The predicted octanol–water partition coefficient (Wildman–Crippen LogP) is 0.292. The van der Waals surface area contributed by atoms with E-state index in [1.54, 1.807) is 6.92 Å². The van der Waals surface area contributed by atoms with Crippen LogP contribution < -0.4 is 0 Å². The first-order valence-electron chi connectivity index (χ1n) is 3.00. The van der Waals surface area contributed by atoms with Gasteiger partial charge < -0.3 is 10.6 Å². The van der Waals surface area contributed by atoms with Gasteiger partial charge in [0.15, 0.2) is 0 Å². The molecule has 0 aliphatic rings. The molecule has 5 heteroatoms. The molecule has 0 amide bonds. The van der Waals surface area contributed by atoms with E-state index in [0.717, 1.165) is 0 Å². The Morgan fingerprint density at radius 1 is 1.91 bits per heavy atom. The Morgan fingerprint density at radius 2 is 2.45 bits per heavy atom. The maximum atomic E-state index is 10.3. The highest BCUT2D eigenvalue weighted by molar-refractivity contribution is 6.00. The number of aliphatic carboxylic acids is 1. The quantitative estimate of drug-likeness (QED) is 0.358. The van der Waals surface area contributed by atoms with Gasteiger partial charge in [0.05, 0.1) is 6.07 Å². The van der Waals surface area contributed by atoms with Crippen molar-refractivity contribution in [2.24, 2.45) is 5.92 Å². The summed E-state index contributed by atoms with van der Waals surface area (Å²) in [6.45, 7) is 1.61. The summed E-state index contributed by atoms with van der Waals surface area (Å²) in [7, 11) is 0. The maximum absolute atomic E-state index is 10.3. The molecule has 0 aliphatic heterocycles. The summed E-state index contributed by atoms with van der Waals surface area (Å²) in [5.41, 5.74) is 8.22. The second kappa shape index (κ2) is 4.20. The fraction of sp³-hybridized carbons (Fsp3) is 0.500. The molecular formula is C6H7N3O2. The third-order valence-corrected chi connectivity index (χ3v) is 1.20. The van der Waals surface area contributed by atoms with Crippen LogP contribution in [0.1, 0.15) is 13.3 Å². The van der Waals surface area contributed by atoms with Crippen LogP contribution >= 0.6 is 0 Å². The van der Waals surface area contributed by atoms with Crippen LogP contribution in [0.25, 0.3) is 5.53 Å². The van der Waals surface area contributed by atoms with Crippen molar-refractivity contribution in [3.63, 3.8) is 0 Å². The smallest absolute Gasteiger partial charge is 0.332 e. The molecule has 0 heterocycles. The Balaban J connectivity index is 4.66. The van der Waals surface area contributed by atoms with Crippen LogP contribution in [0.2, 0.25) is 0 Å². The lowest BCUT2D eigenvalue weighted by molar-refractivity contribution is -0.138. The standard InChI is InChI=1S/C6H7N3O2/c1-2-5(9-8)4(3-7)6(10)11/h4H,2H2,1H3,(H,10,11). The number of rotatable bonds is 3. The molecule has 0 aromatic rings. The number of carboxylic acids is 1. The largest absolute Gasteiger partial charge is 0.480 e. The lowest BCUT2D eigenvalue weighted by atomic mass is 10.0. The zero-order valence-electron chi connectivity index (χ0n) is 5.98. The summed E-state index contributed by atoms with van der Waals surface area (Å²) >= 11 is 0. The van der Waals surface area contributed by atoms with Crippen molar-refractivity contribution in [1.29, 1.82) is 5.26 Å². The fourth-order valence-corrected chi connectivity index (χ4v) is 0.605. The molecule has 0 fully saturated rings. The second-order valence-electron chi connectivity index (χ2n) is 1.85. The van der Waals surface area contributed by atoms with Crippen LogP contribution in [-0.4, -0.2) is 21.6 Å². The number of hydrogen-bond acceptors (Lipinski definition) is 2. The zero-order valence-corrected chi connectivity index (χ0v) is 5.98. The molecule has 0 bridgehead atoms. The lowest BCUT2D eigenvalue weighted by Crippen LogP contribution is -2.22. The molecular weight excluding hydrogens is 146 g/mol. The van der Waals surface area contributed by atoms with Crippen LogP contribution in [0.3, 0.4) is 0 Å². The van der Waals surface area contributed by atoms with E-state index in [1.165, 1.54) is 6.07 Å². The first kappa shape index (κ1) is 9.34. The van der Waals surface area contributed by atoms with Crippen LogP contribution in [0.5, 0.6) is 0 Å². The van der Waals surface area contributed by atoms with Crippen molar-refractivity contribution in [3.05, 3.63) is 5.53 Å². The van der Waals surface area contributed by atoms with Gasteiger partial charge in [0.1, 0.15) is 0 Å². The number of nitriles is 1. The van der Waals surface area contributed by atoms with Crippen LogP contribution in [0.15, 0.2) is 0 Å². The molecule has 0 aliphatic carbocycles. The summed E-state index contributed by atoms with van der Waals surface area (Å²) in [5, 5.41) is 16.7. The average molecular weight is 153 g/mol. The zero-order chi connectivity index (χ0) is 8.85. The van der Waals surface area contributed by atoms with E-state index in [1.807, 2.05) is 0 Å². The van der Waals surface area contributed by atoms with Crippen molar-refractivity contribution in [2.75, 3.05) is 0 Å². The van der Waals surface area contributed by atoms with Crippen LogP contribution in [0, 0.1) is 17.2 Å². The number of nitrogens with zero attached hydrogens (tertiary/aromatic N) is 3. The highest BCUT2D eigenvalue weighted by Crippen LogP contribution is 1.99. The van der Waals surface area contributed by atoms with Gasteiger partial charge in [0.2, 0.25) is 5.92 Å². The summed E-state index contributed by atoms with van der Waals surface area (Å²) in [5.74, 6) is -2.62. The van der Waals surface area contributed by atoms with Gasteiger partial charge in [-0.3, -0.25) is 4.79 Å². The monoisotopic (exact) mass is 153 g/mol. The lowest BCUT2D eigenvalue weighted by Gasteiger charge is -1.93. The van der Waals surface area contributed by atoms with Gasteiger partial charge in [0.25, 0.3) is 5.71 Å². The minimum absolute atomic E-state index is 0.0278. The van der Waals surface area contributed by atoms with Gasteiger partial charge in [-0.15, -0.1) is 0 Å². The minimum atomic E-state index is -1.33. The highest BCUT2D eigenvalue weighted by Gasteiger charge is 2.28. The Hall–Kier alpha value is -1.66. The van der Waals surface area contributed by atoms with Crippen molar-refractivity contribution in [2.45, 2.75) is 13.3 Å². The van der Waals surface area contributed by atoms with Crippen LogP contribution in [0.4, 0.5) is 0 Å². The molecule has 0 aromatic heterocycles. The van der Waals surface area contributed by atoms with Gasteiger partial charge in [-0.2, -0.15) is 10.1 Å². The van der Waals surface area contributed by atoms with E-state index >= 15 is 0 Å². The Bertz CT molecular complexity index is 247.